The van der Waals surface area contributed by atoms with E-state index in [1.165, 1.54) is 4.68 Å². The van der Waals surface area contributed by atoms with E-state index in [2.05, 4.69) is 10.4 Å². The number of carbonyl (C=O) groups is 1. The van der Waals surface area contributed by atoms with E-state index in [-0.39, 0.29) is 23.5 Å². The number of nitrogens with zero attached hydrogens (tertiary/aromatic N) is 3. The number of hydrogen-bond acceptors (Lipinski definition) is 4. The molecule has 0 saturated carbocycles. The molecule has 0 spiro atoms. The van der Waals surface area contributed by atoms with Crippen LogP contribution in [0, 0.1) is 17.0 Å². The molecule has 1 N–H and O–H groups in total. The van der Waals surface area contributed by atoms with E-state index >= 15 is 0 Å². The van der Waals surface area contributed by atoms with E-state index in [0.717, 1.165) is 12.0 Å². The van der Waals surface area contributed by atoms with Gasteiger partial charge in [-0.1, -0.05) is 48.9 Å². The molecule has 1 amide bonds. The third kappa shape index (κ3) is 3.87. The van der Waals surface area contributed by atoms with E-state index in [1.807, 2.05) is 37.3 Å². The molecule has 122 valence electrons. The van der Waals surface area contributed by atoms with Gasteiger partial charge in [0.15, 0.2) is 5.02 Å². The molecule has 2 aromatic rings. The fraction of sp³-hybridized carbons (Fsp3) is 0.333. The zero-order valence-electron chi connectivity index (χ0n) is 12.8. The van der Waals surface area contributed by atoms with Crippen LogP contribution < -0.4 is 5.32 Å². The maximum absolute atomic E-state index is 12.2. The van der Waals surface area contributed by atoms with Crippen molar-refractivity contribution in [2.75, 3.05) is 0 Å². The van der Waals surface area contributed by atoms with Crippen LogP contribution in [-0.2, 0) is 11.3 Å². The highest BCUT2D eigenvalue weighted by Gasteiger charge is 2.25. The van der Waals surface area contributed by atoms with Crippen LogP contribution in [0.15, 0.2) is 30.3 Å². The quantitative estimate of drug-likeness (QED) is 0.648. The first-order valence-electron chi connectivity index (χ1n) is 7.15. The number of carbonyl (C=O) groups excluding carboxylic acids is 1. The Morgan fingerprint density at radius 3 is 2.61 bits per heavy atom. The Bertz CT molecular complexity index is 715. The number of nitrogens with one attached hydrogen (secondary N) is 1. The second-order valence-electron chi connectivity index (χ2n) is 5.08. The van der Waals surface area contributed by atoms with E-state index in [0.29, 0.717) is 5.69 Å². The lowest BCUT2D eigenvalue weighted by atomic mass is 10.0. The molecule has 8 heteroatoms. The second-order valence-corrected chi connectivity index (χ2v) is 5.45. The first-order chi connectivity index (χ1) is 10.9. The van der Waals surface area contributed by atoms with E-state index in [4.69, 9.17) is 11.6 Å². The van der Waals surface area contributed by atoms with Gasteiger partial charge in [0.05, 0.1) is 16.8 Å². The van der Waals surface area contributed by atoms with Gasteiger partial charge in [-0.2, -0.15) is 4.68 Å². The van der Waals surface area contributed by atoms with Crippen molar-refractivity contribution in [1.29, 1.82) is 0 Å². The normalized spacial score (nSPS) is 12.0. The first-order valence-corrected chi connectivity index (χ1v) is 7.53. The van der Waals surface area contributed by atoms with Crippen molar-refractivity contribution in [3.8, 4) is 0 Å². The SMILES string of the molecule is CCC(NC(=O)Cn1nc([N+](=O)[O-])c(Cl)c1C)c1ccccc1. The van der Waals surface area contributed by atoms with Crippen molar-refractivity contribution < 1.29 is 9.72 Å². The zero-order valence-corrected chi connectivity index (χ0v) is 13.6. The van der Waals surface area contributed by atoms with Crippen LogP contribution in [0.3, 0.4) is 0 Å². The maximum atomic E-state index is 12.2. The van der Waals surface area contributed by atoms with Gasteiger partial charge in [0, 0.05) is 0 Å². The van der Waals surface area contributed by atoms with Crippen LogP contribution in [0.4, 0.5) is 5.82 Å². The van der Waals surface area contributed by atoms with Gasteiger partial charge in [0.25, 0.3) is 0 Å². The standard InChI is InChI=1S/C15H17ClN4O3/c1-3-12(11-7-5-4-6-8-11)17-13(21)9-19-10(2)14(16)15(18-19)20(22)23/h4-8,12H,3,9H2,1-2H3,(H,17,21). The third-order valence-corrected chi connectivity index (χ3v) is 3.97. The lowest BCUT2D eigenvalue weighted by molar-refractivity contribution is -0.389. The van der Waals surface area contributed by atoms with Gasteiger partial charge in [0.2, 0.25) is 5.91 Å². The largest absolute Gasteiger partial charge is 0.408 e. The summed E-state index contributed by atoms with van der Waals surface area (Å²) < 4.78 is 1.24. The Kier molecular flexibility index (Phi) is 5.33. The smallest absolute Gasteiger partial charge is 0.358 e. The summed E-state index contributed by atoms with van der Waals surface area (Å²) >= 11 is 5.86. The Morgan fingerprint density at radius 1 is 1.43 bits per heavy atom. The molecule has 0 aliphatic rings. The molecule has 23 heavy (non-hydrogen) atoms. The summed E-state index contributed by atoms with van der Waals surface area (Å²) in [5, 5.41) is 17.5. The lowest BCUT2D eigenvalue weighted by Crippen LogP contribution is -2.31. The first kappa shape index (κ1) is 17.0. The molecule has 0 aliphatic heterocycles. The molecule has 0 aliphatic carbocycles. The minimum atomic E-state index is -0.664. The summed E-state index contributed by atoms with van der Waals surface area (Å²) in [6.45, 7) is 3.44. The molecule has 1 aromatic heterocycles. The third-order valence-electron chi connectivity index (χ3n) is 3.53. The average Bonchev–Trinajstić information content (AvgIpc) is 2.82. The fourth-order valence-corrected chi connectivity index (χ4v) is 2.47. The number of rotatable bonds is 6. The minimum absolute atomic E-state index is 0.0436. The van der Waals surface area contributed by atoms with Gasteiger partial charge in [-0.3, -0.25) is 4.79 Å². The van der Waals surface area contributed by atoms with Crippen molar-refractivity contribution in [2.24, 2.45) is 0 Å². The molecule has 7 nitrogen and oxygen atoms in total. The summed E-state index contributed by atoms with van der Waals surface area (Å²) in [7, 11) is 0. The van der Waals surface area contributed by atoms with Crippen LogP contribution in [0.25, 0.3) is 0 Å². The zero-order chi connectivity index (χ0) is 17.0. The molecule has 0 fully saturated rings. The molecule has 0 saturated heterocycles. The summed E-state index contributed by atoms with van der Waals surface area (Å²) in [6.07, 6.45) is 0.731. The fourth-order valence-electron chi connectivity index (χ4n) is 2.26. The highest BCUT2D eigenvalue weighted by atomic mass is 35.5. The predicted molar refractivity (Wildman–Crippen MR) is 86.2 cm³/mol. The van der Waals surface area contributed by atoms with Gasteiger partial charge in [0.1, 0.15) is 6.54 Å². The Morgan fingerprint density at radius 2 is 2.09 bits per heavy atom. The molecule has 1 heterocycles. The molecule has 0 radical (unpaired) electrons. The van der Waals surface area contributed by atoms with Crippen LogP contribution in [0.5, 0.6) is 0 Å². The van der Waals surface area contributed by atoms with Gasteiger partial charge in [-0.05, 0) is 23.8 Å². The number of halogens is 1. The molecule has 1 unspecified atom stereocenters. The van der Waals surface area contributed by atoms with Gasteiger partial charge < -0.3 is 15.4 Å². The highest BCUT2D eigenvalue weighted by molar-refractivity contribution is 6.33. The lowest BCUT2D eigenvalue weighted by Gasteiger charge is -2.17. The topological polar surface area (TPSA) is 90.1 Å². The van der Waals surface area contributed by atoms with Crippen LogP contribution in [-0.4, -0.2) is 20.6 Å². The Labute approximate surface area is 138 Å². The van der Waals surface area contributed by atoms with Crippen LogP contribution in [0.1, 0.15) is 30.6 Å². The van der Waals surface area contributed by atoms with E-state index in [9.17, 15) is 14.9 Å². The van der Waals surface area contributed by atoms with Crippen molar-refractivity contribution >= 4 is 23.3 Å². The molecule has 2 rings (SSSR count). The molecular formula is C15H17ClN4O3. The van der Waals surface area contributed by atoms with Gasteiger partial charge in [-0.25, -0.2) is 0 Å². The number of nitro groups is 1. The van der Waals surface area contributed by atoms with Crippen molar-refractivity contribution in [3.05, 3.63) is 56.7 Å². The van der Waals surface area contributed by atoms with E-state index in [1.54, 1.807) is 6.92 Å². The molecule has 0 bridgehead atoms. The average molecular weight is 337 g/mol. The molecule has 1 aromatic carbocycles. The minimum Gasteiger partial charge on any atom is -0.358 e. The number of amides is 1. The monoisotopic (exact) mass is 336 g/mol. The summed E-state index contributed by atoms with van der Waals surface area (Å²) in [5.41, 5.74) is 1.39. The van der Waals surface area contributed by atoms with Crippen LogP contribution >= 0.6 is 11.6 Å². The van der Waals surface area contributed by atoms with E-state index < -0.39 is 10.7 Å². The van der Waals surface area contributed by atoms with Crippen molar-refractivity contribution in [1.82, 2.24) is 15.1 Å². The molecule has 1 atom stereocenters. The van der Waals surface area contributed by atoms with Gasteiger partial charge >= 0.3 is 5.82 Å². The Balaban J connectivity index is 2.10. The van der Waals surface area contributed by atoms with Gasteiger partial charge in [-0.15, -0.1) is 0 Å². The van der Waals surface area contributed by atoms with Crippen molar-refractivity contribution in [2.45, 2.75) is 32.9 Å². The maximum Gasteiger partial charge on any atom is 0.408 e. The summed E-state index contributed by atoms with van der Waals surface area (Å²) in [5.74, 6) is -0.718. The number of aromatic nitrogens is 2. The summed E-state index contributed by atoms with van der Waals surface area (Å²) in [4.78, 5) is 22.4. The Hall–Kier alpha value is -2.41. The molecular weight excluding hydrogens is 320 g/mol. The number of benzene rings is 1. The number of hydrogen-bond donors (Lipinski definition) is 1. The van der Waals surface area contributed by atoms with Crippen molar-refractivity contribution in [3.63, 3.8) is 0 Å². The predicted octanol–water partition coefficient (Wildman–Crippen LogP) is 3.02. The highest BCUT2D eigenvalue weighted by Crippen LogP contribution is 2.26. The second kappa shape index (κ2) is 7.23. The van der Waals surface area contributed by atoms with Crippen LogP contribution in [0.2, 0.25) is 5.02 Å². The summed E-state index contributed by atoms with van der Waals surface area (Å²) in [6, 6.07) is 9.48.